The summed E-state index contributed by atoms with van der Waals surface area (Å²) in [7, 11) is 0. The lowest BCUT2D eigenvalue weighted by molar-refractivity contribution is 0.0947. The lowest BCUT2D eigenvalue weighted by atomic mass is 10.2. The topological polar surface area (TPSA) is 70.7 Å². The van der Waals surface area contributed by atoms with Crippen LogP contribution in [0.15, 0.2) is 29.6 Å². The third-order valence-corrected chi connectivity index (χ3v) is 3.60. The van der Waals surface area contributed by atoms with E-state index in [0.29, 0.717) is 12.2 Å². The molecule has 5 nitrogen and oxygen atoms in total. The van der Waals surface area contributed by atoms with Gasteiger partial charge in [0.25, 0.3) is 5.91 Å². The van der Waals surface area contributed by atoms with Gasteiger partial charge in [0.05, 0.1) is 22.8 Å². The molecule has 0 radical (unpaired) electrons. The number of para-hydroxylation sites is 1. The molecule has 2 aromatic heterocycles. The molecule has 2 N–H and O–H groups in total. The average Bonchev–Trinajstić information content (AvgIpc) is 3.02. The number of carbonyl (C=O) groups excluding carboxylic acids is 1. The average molecular weight is 272 g/mol. The van der Waals surface area contributed by atoms with Crippen LogP contribution >= 0.6 is 11.3 Å². The number of thiazole rings is 1. The highest BCUT2D eigenvalue weighted by atomic mass is 32.1. The molecule has 1 aromatic carbocycles. The summed E-state index contributed by atoms with van der Waals surface area (Å²) in [5, 5.41) is 13.5. The molecule has 0 atom stereocenters. The molecule has 19 heavy (non-hydrogen) atoms. The first kappa shape index (κ1) is 11.9. The van der Waals surface area contributed by atoms with Crippen molar-refractivity contribution in [2.45, 2.75) is 13.5 Å². The van der Waals surface area contributed by atoms with Crippen LogP contribution in [0, 0.1) is 6.92 Å². The predicted molar refractivity (Wildman–Crippen MR) is 74.1 cm³/mol. The fourth-order valence-corrected chi connectivity index (χ4v) is 2.49. The predicted octanol–water partition coefficient (Wildman–Crippen LogP) is 2.26. The van der Waals surface area contributed by atoms with Crippen LogP contribution in [-0.4, -0.2) is 21.1 Å². The fourth-order valence-electron chi connectivity index (χ4n) is 1.88. The number of nitrogens with one attached hydrogen (secondary N) is 2. The van der Waals surface area contributed by atoms with Crippen molar-refractivity contribution in [3.8, 4) is 0 Å². The van der Waals surface area contributed by atoms with Crippen LogP contribution in [0.2, 0.25) is 0 Å². The van der Waals surface area contributed by atoms with Crippen LogP contribution in [0.4, 0.5) is 0 Å². The molecule has 6 heteroatoms. The summed E-state index contributed by atoms with van der Waals surface area (Å²) in [4.78, 5) is 16.4. The van der Waals surface area contributed by atoms with Gasteiger partial charge in [0.1, 0.15) is 0 Å². The van der Waals surface area contributed by atoms with Gasteiger partial charge in [-0.3, -0.25) is 9.89 Å². The first-order valence-electron chi connectivity index (χ1n) is 5.86. The Labute approximate surface area is 113 Å². The van der Waals surface area contributed by atoms with Gasteiger partial charge in [0.15, 0.2) is 5.69 Å². The molecule has 0 saturated heterocycles. The number of aromatic amines is 1. The van der Waals surface area contributed by atoms with Crippen molar-refractivity contribution in [2.24, 2.45) is 0 Å². The molecule has 0 aliphatic rings. The largest absolute Gasteiger partial charge is 0.345 e. The highest BCUT2D eigenvalue weighted by Gasteiger charge is 2.13. The number of fused-ring (bicyclic) bond motifs is 1. The summed E-state index contributed by atoms with van der Waals surface area (Å²) in [5.74, 6) is -0.192. The molecule has 0 bridgehead atoms. The van der Waals surface area contributed by atoms with Gasteiger partial charge in [-0.05, 0) is 13.0 Å². The second-order valence-corrected chi connectivity index (χ2v) is 5.22. The van der Waals surface area contributed by atoms with E-state index in [2.05, 4.69) is 20.5 Å². The molecule has 0 aliphatic carbocycles. The highest BCUT2D eigenvalue weighted by molar-refractivity contribution is 7.09. The minimum Gasteiger partial charge on any atom is -0.345 e. The van der Waals surface area contributed by atoms with Crippen molar-refractivity contribution in [3.05, 3.63) is 46.0 Å². The second kappa shape index (κ2) is 4.81. The van der Waals surface area contributed by atoms with Crippen LogP contribution < -0.4 is 5.32 Å². The Bertz CT molecular complexity index is 731. The smallest absolute Gasteiger partial charge is 0.272 e. The van der Waals surface area contributed by atoms with Gasteiger partial charge < -0.3 is 5.32 Å². The van der Waals surface area contributed by atoms with Gasteiger partial charge in [0, 0.05) is 10.8 Å². The van der Waals surface area contributed by atoms with Crippen LogP contribution in [0.25, 0.3) is 10.9 Å². The standard InChI is InChI=1S/C13H12N4OS/c1-8-15-9(7-19-8)6-14-13(18)12-10-4-2-3-5-11(10)16-17-12/h2-5,7H,6H2,1H3,(H,14,18)(H,16,17). The Morgan fingerprint density at radius 2 is 2.26 bits per heavy atom. The third-order valence-electron chi connectivity index (χ3n) is 2.78. The van der Waals surface area contributed by atoms with E-state index in [1.807, 2.05) is 36.6 Å². The number of aryl methyl sites for hydroxylation is 1. The number of nitrogens with zero attached hydrogens (tertiary/aromatic N) is 2. The molecular weight excluding hydrogens is 260 g/mol. The summed E-state index contributed by atoms with van der Waals surface area (Å²) >= 11 is 1.57. The van der Waals surface area contributed by atoms with Gasteiger partial charge in [-0.2, -0.15) is 5.10 Å². The van der Waals surface area contributed by atoms with Gasteiger partial charge in [-0.1, -0.05) is 18.2 Å². The molecule has 0 spiro atoms. The molecule has 0 aliphatic heterocycles. The van der Waals surface area contributed by atoms with Crippen LogP contribution in [0.1, 0.15) is 21.2 Å². The Morgan fingerprint density at radius 3 is 3.05 bits per heavy atom. The monoisotopic (exact) mass is 272 g/mol. The van der Waals surface area contributed by atoms with E-state index in [1.54, 1.807) is 11.3 Å². The molecule has 0 fully saturated rings. The van der Waals surface area contributed by atoms with Crippen molar-refractivity contribution in [1.29, 1.82) is 0 Å². The summed E-state index contributed by atoms with van der Waals surface area (Å²) in [5.41, 5.74) is 2.15. The van der Waals surface area contributed by atoms with Crippen LogP contribution in [0.5, 0.6) is 0 Å². The van der Waals surface area contributed by atoms with E-state index in [1.165, 1.54) is 0 Å². The molecule has 96 valence electrons. The zero-order valence-corrected chi connectivity index (χ0v) is 11.1. The Morgan fingerprint density at radius 1 is 1.42 bits per heavy atom. The summed E-state index contributed by atoms with van der Waals surface area (Å²) in [6.45, 7) is 2.36. The molecule has 0 saturated carbocycles. The van der Waals surface area contributed by atoms with E-state index < -0.39 is 0 Å². The maximum atomic E-state index is 12.1. The number of hydrogen-bond donors (Lipinski definition) is 2. The zero-order valence-electron chi connectivity index (χ0n) is 10.3. The number of aromatic nitrogens is 3. The Balaban J connectivity index is 1.77. The number of amides is 1. The first-order chi connectivity index (χ1) is 9.24. The van der Waals surface area contributed by atoms with E-state index >= 15 is 0 Å². The van der Waals surface area contributed by atoms with Gasteiger partial charge in [-0.25, -0.2) is 4.98 Å². The van der Waals surface area contributed by atoms with Gasteiger partial charge in [0.2, 0.25) is 0 Å². The number of H-pyrrole nitrogens is 1. The zero-order chi connectivity index (χ0) is 13.2. The van der Waals surface area contributed by atoms with Crippen LogP contribution in [-0.2, 0) is 6.54 Å². The van der Waals surface area contributed by atoms with Crippen molar-refractivity contribution in [1.82, 2.24) is 20.5 Å². The molecule has 3 rings (SSSR count). The Hall–Kier alpha value is -2.21. The fraction of sp³-hybridized carbons (Fsp3) is 0.154. The van der Waals surface area contributed by atoms with Gasteiger partial charge >= 0.3 is 0 Å². The molecule has 0 unspecified atom stereocenters. The SMILES string of the molecule is Cc1nc(CNC(=O)c2n[nH]c3ccccc23)cs1. The lowest BCUT2D eigenvalue weighted by Crippen LogP contribution is -2.23. The highest BCUT2D eigenvalue weighted by Crippen LogP contribution is 2.15. The van der Waals surface area contributed by atoms with Crippen molar-refractivity contribution >= 4 is 28.1 Å². The van der Waals surface area contributed by atoms with Crippen molar-refractivity contribution < 1.29 is 4.79 Å². The van der Waals surface area contributed by atoms with E-state index in [9.17, 15) is 4.79 Å². The van der Waals surface area contributed by atoms with E-state index in [4.69, 9.17) is 0 Å². The normalized spacial score (nSPS) is 10.8. The summed E-state index contributed by atoms with van der Waals surface area (Å²) < 4.78 is 0. The van der Waals surface area contributed by atoms with Gasteiger partial charge in [-0.15, -0.1) is 11.3 Å². The van der Waals surface area contributed by atoms with E-state index in [0.717, 1.165) is 21.6 Å². The first-order valence-corrected chi connectivity index (χ1v) is 6.74. The number of rotatable bonds is 3. The molecular formula is C13H12N4OS. The lowest BCUT2D eigenvalue weighted by Gasteiger charge is -2.00. The second-order valence-electron chi connectivity index (χ2n) is 4.16. The van der Waals surface area contributed by atoms with E-state index in [-0.39, 0.29) is 5.91 Å². The van der Waals surface area contributed by atoms with Crippen molar-refractivity contribution in [3.63, 3.8) is 0 Å². The quantitative estimate of drug-likeness (QED) is 0.768. The van der Waals surface area contributed by atoms with Crippen molar-refractivity contribution in [2.75, 3.05) is 0 Å². The molecule has 3 aromatic rings. The maximum absolute atomic E-state index is 12.1. The number of carbonyl (C=O) groups is 1. The van der Waals surface area contributed by atoms with Crippen LogP contribution in [0.3, 0.4) is 0 Å². The minimum atomic E-state index is -0.192. The number of benzene rings is 1. The minimum absolute atomic E-state index is 0.192. The third kappa shape index (κ3) is 2.34. The summed E-state index contributed by atoms with van der Waals surface area (Å²) in [6.07, 6.45) is 0. The molecule has 1 amide bonds. The molecule has 2 heterocycles. The summed E-state index contributed by atoms with van der Waals surface area (Å²) in [6, 6.07) is 7.56. The maximum Gasteiger partial charge on any atom is 0.272 e. The number of hydrogen-bond acceptors (Lipinski definition) is 4. The Kier molecular flexibility index (Phi) is 3.00.